The van der Waals surface area contributed by atoms with Crippen LogP contribution >= 0.6 is 0 Å². The van der Waals surface area contributed by atoms with Gasteiger partial charge >= 0.3 is 0 Å². The van der Waals surface area contributed by atoms with E-state index in [0.717, 1.165) is 24.4 Å². The molecule has 0 aliphatic rings. The normalized spacial score (nSPS) is 10.8. The Morgan fingerprint density at radius 2 is 1.82 bits per heavy atom. The van der Waals surface area contributed by atoms with Crippen LogP contribution in [-0.2, 0) is 10.1 Å². The molecule has 10 heteroatoms. The van der Waals surface area contributed by atoms with E-state index in [1.807, 2.05) is 13.8 Å². The summed E-state index contributed by atoms with van der Waals surface area (Å²) < 4.78 is 38.5. The van der Waals surface area contributed by atoms with Gasteiger partial charge in [-0.05, 0) is 44.5 Å². The lowest BCUT2D eigenvalue weighted by Gasteiger charge is -2.28. The van der Waals surface area contributed by atoms with Crippen LogP contribution in [0.4, 0.5) is 8.78 Å². The van der Waals surface area contributed by atoms with Crippen molar-refractivity contribution < 1.29 is 18.3 Å². The van der Waals surface area contributed by atoms with Crippen molar-refractivity contribution in [2.24, 2.45) is 0 Å². The van der Waals surface area contributed by atoms with Gasteiger partial charge in [-0.3, -0.25) is 19.3 Å². The average Bonchev–Trinajstić information content (AvgIpc) is 2.74. The first-order valence-corrected chi connectivity index (χ1v) is 9.94. The molecule has 0 aromatic carbocycles. The van der Waals surface area contributed by atoms with Crippen molar-refractivity contribution in [1.29, 1.82) is 0 Å². The summed E-state index contributed by atoms with van der Waals surface area (Å²) >= 11 is 0. The van der Waals surface area contributed by atoms with Crippen molar-refractivity contribution in [1.82, 2.24) is 14.5 Å². The highest BCUT2D eigenvalue weighted by Gasteiger charge is 2.28. The zero-order valence-electron chi connectivity index (χ0n) is 18.9. The summed E-state index contributed by atoms with van der Waals surface area (Å²) in [7, 11) is 13.4. The predicted octanol–water partition coefficient (Wildman–Crippen LogP) is 3.34. The van der Waals surface area contributed by atoms with E-state index >= 15 is 0 Å². The third kappa shape index (κ3) is 6.38. The number of aryl methyl sites for hydroxylation is 2. The molecule has 0 unspecified atom stereocenters. The van der Waals surface area contributed by atoms with Crippen LogP contribution in [0.15, 0.2) is 48.0 Å². The second-order valence-electron chi connectivity index (χ2n) is 7.06. The molecule has 0 atom stereocenters. The summed E-state index contributed by atoms with van der Waals surface area (Å²) in [6, 6.07) is 5.00. The summed E-state index contributed by atoms with van der Waals surface area (Å²) in [5.41, 5.74) is 1.60. The molecule has 3 aromatic rings. The van der Waals surface area contributed by atoms with E-state index in [0.29, 0.717) is 23.1 Å². The molecule has 0 fully saturated rings. The van der Waals surface area contributed by atoms with Crippen molar-refractivity contribution in [3.05, 3.63) is 87.9 Å². The van der Waals surface area contributed by atoms with E-state index in [2.05, 4.69) is 21.3 Å². The molecule has 3 heterocycles. The third-order valence-electron chi connectivity index (χ3n) is 4.49. The topological polar surface area (TPSA) is 66.2 Å². The van der Waals surface area contributed by atoms with Gasteiger partial charge in [-0.15, -0.1) is 0 Å². The van der Waals surface area contributed by atoms with Crippen LogP contribution in [0.25, 0.3) is 11.8 Å². The molecule has 0 saturated carbocycles. The highest BCUT2D eigenvalue weighted by atomic mass is 19.1. The lowest BCUT2D eigenvalue weighted by Crippen LogP contribution is -2.37. The van der Waals surface area contributed by atoms with Crippen molar-refractivity contribution >= 4 is 21.8 Å². The highest BCUT2D eigenvalue weighted by Crippen LogP contribution is 2.25. The molecule has 4 radical (unpaired) electrons. The van der Waals surface area contributed by atoms with E-state index in [1.54, 1.807) is 32.4 Å². The van der Waals surface area contributed by atoms with Gasteiger partial charge in [0.1, 0.15) is 38.8 Å². The number of rotatable bonds is 6. The minimum Gasteiger partial charge on any atom is -0.501 e. The molecule has 0 amide bonds. The average molecular weight is 449 g/mol. The fraction of sp³-hybridized carbons (Fsp3) is 0.261. The molecule has 33 heavy (non-hydrogen) atoms. The lowest BCUT2D eigenvalue weighted by atomic mass is 9.62. The molecular formula is C23H23B2F2N3O3. The van der Waals surface area contributed by atoms with Gasteiger partial charge in [-0.1, -0.05) is 6.58 Å². The van der Waals surface area contributed by atoms with Crippen LogP contribution in [0.1, 0.15) is 29.6 Å². The van der Waals surface area contributed by atoms with E-state index < -0.39 is 28.3 Å². The molecular weight excluding hydrogens is 426 g/mol. The van der Waals surface area contributed by atoms with Crippen LogP contribution in [0, 0.1) is 25.5 Å². The first kappa shape index (κ1) is 26.0. The fourth-order valence-electron chi connectivity index (χ4n) is 2.87. The van der Waals surface area contributed by atoms with E-state index in [-0.39, 0.29) is 5.75 Å². The summed E-state index contributed by atoms with van der Waals surface area (Å²) in [5, 5.41) is -2.22. The molecule has 0 N–H and O–H groups in total. The summed E-state index contributed by atoms with van der Waals surface area (Å²) in [5.74, 6) is -1.94. The predicted molar refractivity (Wildman–Crippen MR) is 125 cm³/mol. The minimum absolute atomic E-state index is 0.00919. The number of halogens is 2. The number of aromatic nitrogens is 3. The maximum atomic E-state index is 14.0. The standard InChI is InChI=1S/C20H15B2F2N3O2.C3H8O/c1-4-14-7-17(11(2)9-25-14)27-12(3)5-15(8-18(27)28)29-20(21,22)19-16(24)6-13(23)10-26-19;1-3-4-2/h4-10H,1H2,2-3H3;3H2,1-2H3. The summed E-state index contributed by atoms with van der Waals surface area (Å²) in [6.45, 7) is 9.96. The number of pyridine rings is 3. The number of methoxy groups -OCH3 is 1. The van der Waals surface area contributed by atoms with E-state index in [9.17, 15) is 13.6 Å². The van der Waals surface area contributed by atoms with Gasteiger partial charge in [0.2, 0.25) is 0 Å². The highest BCUT2D eigenvalue weighted by molar-refractivity contribution is 6.38. The molecule has 3 aromatic heterocycles. The maximum Gasteiger partial charge on any atom is 0.259 e. The van der Waals surface area contributed by atoms with Gasteiger partial charge in [-0.2, -0.15) is 0 Å². The van der Waals surface area contributed by atoms with Crippen molar-refractivity contribution in [2.75, 3.05) is 13.7 Å². The first-order chi connectivity index (χ1) is 15.5. The Kier molecular flexibility index (Phi) is 8.70. The second-order valence-corrected chi connectivity index (χ2v) is 7.06. The molecule has 0 bridgehead atoms. The van der Waals surface area contributed by atoms with Crippen LogP contribution in [0.2, 0.25) is 0 Å². The number of ether oxygens (including phenoxy) is 2. The van der Waals surface area contributed by atoms with Gasteiger partial charge in [0.25, 0.3) is 5.56 Å². The maximum absolute atomic E-state index is 14.0. The van der Waals surface area contributed by atoms with Gasteiger partial charge in [0, 0.05) is 37.7 Å². The van der Waals surface area contributed by atoms with Crippen LogP contribution < -0.4 is 10.3 Å². The Hall–Kier alpha value is -3.26. The monoisotopic (exact) mass is 449 g/mol. The molecule has 3 rings (SSSR count). The van der Waals surface area contributed by atoms with Crippen LogP contribution in [0.3, 0.4) is 0 Å². The molecule has 168 valence electrons. The Balaban J connectivity index is 0.000000890. The molecule has 0 saturated heterocycles. The van der Waals surface area contributed by atoms with Gasteiger partial charge < -0.3 is 9.47 Å². The Morgan fingerprint density at radius 1 is 1.15 bits per heavy atom. The summed E-state index contributed by atoms with van der Waals surface area (Å²) in [6.07, 6.45) is 3.97. The zero-order chi connectivity index (χ0) is 24.8. The summed E-state index contributed by atoms with van der Waals surface area (Å²) in [4.78, 5) is 20.5. The zero-order valence-corrected chi connectivity index (χ0v) is 18.9. The molecule has 6 nitrogen and oxygen atoms in total. The number of hydrogen-bond donors (Lipinski definition) is 0. The van der Waals surface area contributed by atoms with E-state index in [1.165, 1.54) is 10.6 Å². The van der Waals surface area contributed by atoms with Gasteiger partial charge in [0.15, 0.2) is 0 Å². The number of nitrogens with zero attached hydrogens (tertiary/aromatic N) is 3. The second kappa shape index (κ2) is 11.0. The van der Waals surface area contributed by atoms with Crippen LogP contribution in [0.5, 0.6) is 5.75 Å². The first-order valence-electron chi connectivity index (χ1n) is 9.94. The minimum atomic E-state index is -2.22. The quantitative estimate of drug-likeness (QED) is 0.541. The number of hydrogen-bond acceptors (Lipinski definition) is 5. The SMILES string of the molecule is CCOC.[B]C([B])(Oc1cc(C)n(-c2cc(C=C)ncc2C)c(=O)c1)c1ncc(F)cc1F. The molecule has 0 spiro atoms. The van der Waals surface area contributed by atoms with Crippen molar-refractivity contribution in [3.8, 4) is 11.4 Å². The molecule has 0 aliphatic carbocycles. The Labute approximate surface area is 194 Å². The van der Waals surface area contributed by atoms with Crippen molar-refractivity contribution in [2.45, 2.75) is 26.2 Å². The lowest BCUT2D eigenvalue weighted by molar-refractivity contribution is 0.215. The smallest absolute Gasteiger partial charge is 0.259 e. The Morgan fingerprint density at radius 3 is 2.36 bits per heavy atom. The van der Waals surface area contributed by atoms with Crippen LogP contribution in [-0.4, -0.2) is 43.9 Å². The van der Waals surface area contributed by atoms with Gasteiger partial charge in [-0.25, -0.2) is 8.78 Å². The molecule has 0 aliphatic heterocycles. The Bertz CT molecular complexity index is 1200. The van der Waals surface area contributed by atoms with E-state index in [4.69, 9.17) is 20.4 Å². The largest absolute Gasteiger partial charge is 0.501 e. The van der Waals surface area contributed by atoms with Gasteiger partial charge in [0.05, 0.1) is 23.0 Å². The fourth-order valence-corrected chi connectivity index (χ4v) is 2.87. The van der Waals surface area contributed by atoms with Crippen molar-refractivity contribution in [3.63, 3.8) is 0 Å². The third-order valence-corrected chi connectivity index (χ3v) is 4.49.